The number of nitrogens with one attached hydrogen (secondary N) is 1. The number of hydrogen-bond donors (Lipinski definition) is 1. The number of hydrogen-bond acceptors (Lipinski definition) is 2. The van der Waals surface area contributed by atoms with Gasteiger partial charge in [-0.2, -0.15) is 0 Å². The molecule has 0 aromatic rings. The summed E-state index contributed by atoms with van der Waals surface area (Å²) in [5, 5.41) is 2.77. The van der Waals surface area contributed by atoms with Crippen molar-refractivity contribution in [3.63, 3.8) is 0 Å². The number of carbonyl (C=O) groups is 1. The first-order valence-electron chi connectivity index (χ1n) is 3.88. The van der Waals surface area contributed by atoms with E-state index in [0.717, 1.165) is 0 Å². The maximum atomic E-state index is 11.0. The zero-order valence-corrected chi connectivity index (χ0v) is 7.68. The van der Waals surface area contributed by atoms with Gasteiger partial charge in [-0.15, -0.1) is 0 Å². The summed E-state index contributed by atoms with van der Waals surface area (Å²) in [5.41, 5.74) is 0. The Balaban J connectivity index is 3.52. The molecular weight excluding hydrogens is 142 g/mol. The SMILES string of the molecule is COC(C)C(=O)NCC(C)C. The summed E-state index contributed by atoms with van der Waals surface area (Å²) in [6, 6.07) is 0. The summed E-state index contributed by atoms with van der Waals surface area (Å²) >= 11 is 0. The van der Waals surface area contributed by atoms with Crippen molar-refractivity contribution in [2.75, 3.05) is 13.7 Å². The van der Waals surface area contributed by atoms with Gasteiger partial charge in [0.2, 0.25) is 5.91 Å². The highest BCUT2D eigenvalue weighted by molar-refractivity contribution is 5.80. The highest BCUT2D eigenvalue weighted by atomic mass is 16.5. The van der Waals surface area contributed by atoms with E-state index in [2.05, 4.69) is 19.2 Å². The van der Waals surface area contributed by atoms with Gasteiger partial charge in [-0.25, -0.2) is 0 Å². The highest BCUT2D eigenvalue weighted by Crippen LogP contribution is 1.90. The van der Waals surface area contributed by atoms with Crippen LogP contribution in [0.25, 0.3) is 0 Å². The summed E-state index contributed by atoms with van der Waals surface area (Å²) in [7, 11) is 1.53. The Kier molecular flexibility index (Phi) is 4.86. The van der Waals surface area contributed by atoms with Gasteiger partial charge in [-0.05, 0) is 12.8 Å². The fourth-order valence-electron chi connectivity index (χ4n) is 0.555. The lowest BCUT2D eigenvalue weighted by Gasteiger charge is -2.11. The molecule has 3 heteroatoms. The number of methoxy groups -OCH3 is 1. The van der Waals surface area contributed by atoms with Crippen LogP contribution in [0.4, 0.5) is 0 Å². The molecule has 0 fully saturated rings. The summed E-state index contributed by atoms with van der Waals surface area (Å²) in [6.07, 6.45) is -0.339. The number of rotatable bonds is 4. The topological polar surface area (TPSA) is 38.3 Å². The molecular formula is C8H17NO2. The Hall–Kier alpha value is -0.570. The second kappa shape index (κ2) is 5.13. The van der Waals surface area contributed by atoms with E-state index >= 15 is 0 Å². The lowest BCUT2D eigenvalue weighted by molar-refractivity contribution is -0.130. The zero-order valence-electron chi connectivity index (χ0n) is 7.68. The molecule has 0 aliphatic heterocycles. The van der Waals surface area contributed by atoms with Gasteiger partial charge in [0.25, 0.3) is 0 Å². The number of ether oxygens (including phenoxy) is 1. The van der Waals surface area contributed by atoms with Gasteiger partial charge in [0.15, 0.2) is 0 Å². The molecule has 0 aromatic heterocycles. The molecule has 0 bridgehead atoms. The maximum Gasteiger partial charge on any atom is 0.248 e. The van der Waals surface area contributed by atoms with Gasteiger partial charge in [0.05, 0.1) is 0 Å². The fourth-order valence-corrected chi connectivity index (χ4v) is 0.555. The fraction of sp³-hybridized carbons (Fsp3) is 0.875. The van der Waals surface area contributed by atoms with Crippen molar-refractivity contribution in [2.45, 2.75) is 26.9 Å². The van der Waals surface area contributed by atoms with Gasteiger partial charge >= 0.3 is 0 Å². The van der Waals surface area contributed by atoms with Gasteiger partial charge in [-0.3, -0.25) is 4.79 Å². The smallest absolute Gasteiger partial charge is 0.248 e. The monoisotopic (exact) mass is 159 g/mol. The maximum absolute atomic E-state index is 11.0. The van der Waals surface area contributed by atoms with E-state index in [0.29, 0.717) is 12.5 Å². The molecule has 1 unspecified atom stereocenters. The van der Waals surface area contributed by atoms with Crippen molar-refractivity contribution in [1.82, 2.24) is 5.32 Å². The molecule has 0 heterocycles. The van der Waals surface area contributed by atoms with Crippen LogP contribution in [0.2, 0.25) is 0 Å². The molecule has 66 valence electrons. The van der Waals surface area contributed by atoms with Gasteiger partial charge in [0.1, 0.15) is 6.10 Å². The Labute approximate surface area is 68.1 Å². The minimum atomic E-state index is -0.339. The van der Waals surface area contributed by atoms with Crippen LogP contribution in [0.3, 0.4) is 0 Å². The predicted octanol–water partition coefficient (Wildman–Crippen LogP) is 0.793. The van der Waals surface area contributed by atoms with E-state index in [1.807, 2.05) is 0 Å². The second-order valence-corrected chi connectivity index (χ2v) is 3.02. The summed E-state index contributed by atoms with van der Waals surface area (Å²) in [6.45, 7) is 6.55. The van der Waals surface area contributed by atoms with Crippen LogP contribution in [0.15, 0.2) is 0 Å². The highest BCUT2D eigenvalue weighted by Gasteiger charge is 2.10. The predicted molar refractivity (Wildman–Crippen MR) is 44.3 cm³/mol. The van der Waals surface area contributed by atoms with Gasteiger partial charge in [0, 0.05) is 13.7 Å². The molecule has 0 aromatic carbocycles. The molecule has 0 aliphatic carbocycles. The van der Waals surface area contributed by atoms with Crippen LogP contribution in [0, 0.1) is 5.92 Å². The van der Waals surface area contributed by atoms with Crippen LogP contribution in [0.5, 0.6) is 0 Å². The molecule has 0 aliphatic rings. The molecule has 0 saturated carbocycles. The standard InChI is InChI=1S/C8H17NO2/c1-6(2)5-9-8(10)7(3)11-4/h6-7H,5H2,1-4H3,(H,9,10). The Morgan fingerprint density at radius 3 is 2.36 bits per heavy atom. The number of amides is 1. The third-order valence-corrected chi connectivity index (χ3v) is 1.41. The van der Waals surface area contributed by atoms with E-state index in [9.17, 15) is 4.79 Å². The van der Waals surface area contributed by atoms with Crippen LogP contribution >= 0.6 is 0 Å². The van der Waals surface area contributed by atoms with Crippen molar-refractivity contribution in [2.24, 2.45) is 5.92 Å². The molecule has 1 N–H and O–H groups in total. The van der Waals surface area contributed by atoms with E-state index < -0.39 is 0 Å². The number of carbonyl (C=O) groups excluding carboxylic acids is 1. The van der Waals surface area contributed by atoms with E-state index in [1.54, 1.807) is 6.92 Å². The normalized spacial score (nSPS) is 13.2. The largest absolute Gasteiger partial charge is 0.372 e. The summed E-state index contributed by atoms with van der Waals surface area (Å²) in [5.74, 6) is 0.448. The van der Waals surface area contributed by atoms with E-state index in [-0.39, 0.29) is 12.0 Å². The Morgan fingerprint density at radius 2 is 2.00 bits per heavy atom. The first kappa shape index (κ1) is 10.4. The van der Waals surface area contributed by atoms with Gasteiger partial charge in [-0.1, -0.05) is 13.8 Å². The first-order chi connectivity index (χ1) is 5.07. The van der Waals surface area contributed by atoms with Crippen molar-refractivity contribution < 1.29 is 9.53 Å². The minimum Gasteiger partial charge on any atom is -0.372 e. The van der Waals surface area contributed by atoms with Crippen molar-refractivity contribution in [1.29, 1.82) is 0 Å². The van der Waals surface area contributed by atoms with Crippen molar-refractivity contribution in [3.8, 4) is 0 Å². The lowest BCUT2D eigenvalue weighted by Crippen LogP contribution is -2.35. The Bertz CT molecular complexity index is 123. The third-order valence-electron chi connectivity index (χ3n) is 1.41. The summed E-state index contributed by atoms with van der Waals surface area (Å²) < 4.78 is 4.83. The van der Waals surface area contributed by atoms with E-state index in [1.165, 1.54) is 7.11 Å². The quantitative estimate of drug-likeness (QED) is 0.658. The average Bonchev–Trinajstić information content (AvgIpc) is 1.98. The van der Waals surface area contributed by atoms with Crippen LogP contribution in [0.1, 0.15) is 20.8 Å². The first-order valence-corrected chi connectivity index (χ1v) is 3.88. The molecule has 1 atom stereocenters. The average molecular weight is 159 g/mol. The van der Waals surface area contributed by atoms with Crippen molar-refractivity contribution >= 4 is 5.91 Å². The second-order valence-electron chi connectivity index (χ2n) is 3.02. The third kappa shape index (κ3) is 4.79. The van der Waals surface area contributed by atoms with Crippen molar-refractivity contribution in [3.05, 3.63) is 0 Å². The van der Waals surface area contributed by atoms with Crippen LogP contribution in [-0.2, 0) is 9.53 Å². The molecule has 0 rings (SSSR count). The summed E-state index contributed by atoms with van der Waals surface area (Å²) in [4.78, 5) is 11.0. The Morgan fingerprint density at radius 1 is 1.45 bits per heavy atom. The lowest BCUT2D eigenvalue weighted by atomic mass is 10.2. The molecule has 11 heavy (non-hydrogen) atoms. The van der Waals surface area contributed by atoms with Gasteiger partial charge < -0.3 is 10.1 Å². The minimum absolute atomic E-state index is 0.0406. The molecule has 1 amide bonds. The van der Waals surface area contributed by atoms with Crippen LogP contribution < -0.4 is 5.32 Å². The zero-order chi connectivity index (χ0) is 8.85. The van der Waals surface area contributed by atoms with E-state index in [4.69, 9.17) is 4.74 Å². The van der Waals surface area contributed by atoms with Crippen LogP contribution in [-0.4, -0.2) is 25.7 Å². The molecule has 0 saturated heterocycles. The molecule has 3 nitrogen and oxygen atoms in total. The molecule has 0 radical (unpaired) electrons. The molecule has 0 spiro atoms.